The number of carbonyl (C=O) groups is 2. The van der Waals surface area contributed by atoms with Crippen molar-refractivity contribution in [1.82, 2.24) is 0 Å². The molecular formula is C13H16O4. The number of methoxy groups -OCH3 is 2. The van der Waals surface area contributed by atoms with Crippen LogP contribution in [-0.4, -0.2) is 26.0 Å². The van der Waals surface area contributed by atoms with Crippen LogP contribution >= 0.6 is 0 Å². The monoisotopic (exact) mass is 236 g/mol. The minimum atomic E-state index is -0.369. The van der Waals surface area contributed by atoms with Gasteiger partial charge in [0.1, 0.15) is 0 Å². The molecule has 0 bridgehead atoms. The summed E-state index contributed by atoms with van der Waals surface area (Å²) in [5.41, 5.74) is 1.54. The van der Waals surface area contributed by atoms with Gasteiger partial charge in [0.25, 0.3) is 0 Å². The van der Waals surface area contributed by atoms with Gasteiger partial charge in [0.15, 0.2) is 5.78 Å². The van der Waals surface area contributed by atoms with E-state index in [0.29, 0.717) is 12.2 Å². The van der Waals surface area contributed by atoms with Crippen LogP contribution in [0, 0.1) is 0 Å². The van der Waals surface area contributed by atoms with Crippen molar-refractivity contribution in [3.8, 4) is 0 Å². The first-order valence-electron chi connectivity index (χ1n) is 5.35. The Bertz CT molecular complexity index is 398. The minimum absolute atomic E-state index is 0.0617. The zero-order valence-corrected chi connectivity index (χ0v) is 10.1. The van der Waals surface area contributed by atoms with E-state index in [1.165, 1.54) is 7.11 Å². The number of ketones is 1. The van der Waals surface area contributed by atoms with Gasteiger partial charge in [-0.15, -0.1) is 0 Å². The molecule has 0 N–H and O–H groups in total. The topological polar surface area (TPSA) is 52.6 Å². The molecule has 4 nitrogen and oxygen atoms in total. The maximum atomic E-state index is 11.8. The second kappa shape index (κ2) is 6.81. The summed E-state index contributed by atoms with van der Waals surface area (Å²) in [6.07, 6.45) is 0.285. The number of hydrogen-bond acceptors (Lipinski definition) is 4. The van der Waals surface area contributed by atoms with Gasteiger partial charge >= 0.3 is 5.97 Å². The Kier molecular flexibility index (Phi) is 5.36. The summed E-state index contributed by atoms with van der Waals surface area (Å²) in [6, 6.07) is 7.21. The normalized spacial score (nSPS) is 10.0. The van der Waals surface area contributed by atoms with E-state index in [-0.39, 0.29) is 24.6 Å². The van der Waals surface area contributed by atoms with Gasteiger partial charge < -0.3 is 9.47 Å². The minimum Gasteiger partial charge on any atom is -0.469 e. The molecule has 0 atom stereocenters. The molecule has 1 rings (SSSR count). The molecule has 1 aromatic carbocycles. The smallest absolute Gasteiger partial charge is 0.305 e. The molecule has 0 amide bonds. The van der Waals surface area contributed by atoms with Crippen molar-refractivity contribution in [2.75, 3.05) is 14.2 Å². The second-order valence-corrected chi connectivity index (χ2v) is 3.63. The second-order valence-electron chi connectivity index (χ2n) is 3.63. The third-order valence-electron chi connectivity index (χ3n) is 2.34. The number of Topliss-reactive ketones (excluding diaryl/α,β-unsaturated/α-hetero) is 1. The largest absolute Gasteiger partial charge is 0.469 e. The van der Waals surface area contributed by atoms with Crippen LogP contribution in [0.1, 0.15) is 28.8 Å². The van der Waals surface area contributed by atoms with Gasteiger partial charge in [0.05, 0.1) is 20.1 Å². The highest BCUT2D eigenvalue weighted by molar-refractivity contribution is 5.97. The average molecular weight is 236 g/mol. The third kappa shape index (κ3) is 4.36. The van der Waals surface area contributed by atoms with Gasteiger partial charge in [-0.2, -0.15) is 0 Å². The molecule has 0 saturated heterocycles. The number of hydrogen-bond donors (Lipinski definition) is 0. The Morgan fingerprint density at radius 2 is 1.94 bits per heavy atom. The van der Waals surface area contributed by atoms with E-state index in [1.54, 1.807) is 25.3 Å². The van der Waals surface area contributed by atoms with Crippen LogP contribution in [0.3, 0.4) is 0 Å². The lowest BCUT2D eigenvalue weighted by molar-refractivity contribution is -0.140. The van der Waals surface area contributed by atoms with Crippen LogP contribution in [0.5, 0.6) is 0 Å². The molecule has 0 aromatic heterocycles. The SMILES string of the molecule is COCc1cccc(C(=O)CCC(=O)OC)c1. The predicted octanol–water partition coefficient (Wildman–Crippen LogP) is 1.97. The molecule has 0 saturated carbocycles. The summed E-state index contributed by atoms with van der Waals surface area (Å²) in [7, 11) is 2.91. The van der Waals surface area contributed by atoms with E-state index < -0.39 is 0 Å². The number of rotatable bonds is 6. The van der Waals surface area contributed by atoms with Crippen LogP contribution in [-0.2, 0) is 20.9 Å². The highest BCUT2D eigenvalue weighted by Crippen LogP contribution is 2.10. The fourth-order valence-corrected chi connectivity index (χ4v) is 1.46. The van der Waals surface area contributed by atoms with Crippen LogP contribution in [0.4, 0.5) is 0 Å². The highest BCUT2D eigenvalue weighted by Gasteiger charge is 2.09. The van der Waals surface area contributed by atoms with E-state index >= 15 is 0 Å². The molecular weight excluding hydrogens is 220 g/mol. The van der Waals surface area contributed by atoms with Gasteiger partial charge in [-0.25, -0.2) is 0 Å². The fraction of sp³-hybridized carbons (Fsp3) is 0.385. The van der Waals surface area contributed by atoms with Gasteiger partial charge in [0.2, 0.25) is 0 Å². The Balaban J connectivity index is 2.62. The molecule has 1 aromatic rings. The van der Waals surface area contributed by atoms with E-state index in [1.807, 2.05) is 6.07 Å². The molecule has 0 spiro atoms. The summed E-state index contributed by atoms with van der Waals surface area (Å²) in [5.74, 6) is -0.431. The molecule has 17 heavy (non-hydrogen) atoms. The summed E-state index contributed by atoms with van der Waals surface area (Å²) < 4.78 is 9.48. The molecule has 0 aliphatic carbocycles. The molecule has 4 heteroatoms. The molecule has 0 aliphatic rings. The van der Waals surface area contributed by atoms with Crippen LogP contribution < -0.4 is 0 Å². The van der Waals surface area contributed by atoms with E-state index in [2.05, 4.69) is 4.74 Å². The van der Waals surface area contributed by atoms with E-state index in [0.717, 1.165) is 5.56 Å². The maximum Gasteiger partial charge on any atom is 0.305 e. The Hall–Kier alpha value is -1.68. The van der Waals surface area contributed by atoms with Crippen LogP contribution in [0.15, 0.2) is 24.3 Å². The van der Waals surface area contributed by atoms with E-state index in [4.69, 9.17) is 4.74 Å². The van der Waals surface area contributed by atoms with Gasteiger partial charge in [-0.05, 0) is 11.6 Å². The standard InChI is InChI=1S/C13H16O4/c1-16-9-10-4-3-5-11(8-10)12(14)6-7-13(15)17-2/h3-5,8H,6-7,9H2,1-2H3. The lowest BCUT2D eigenvalue weighted by Crippen LogP contribution is -2.06. The first-order chi connectivity index (χ1) is 8.17. The maximum absolute atomic E-state index is 11.8. The zero-order chi connectivity index (χ0) is 12.7. The lowest BCUT2D eigenvalue weighted by Gasteiger charge is -2.03. The van der Waals surface area contributed by atoms with Gasteiger partial charge in [0, 0.05) is 19.1 Å². The summed E-state index contributed by atoms with van der Waals surface area (Å²) in [4.78, 5) is 22.7. The summed E-state index contributed by atoms with van der Waals surface area (Å²) >= 11 is 0. The lowest BCUT2D eigenvalue weighted by atomic mass is 10.0. The quantitative estimate of drug-likeness (QED) is 0.559. The van der Waals surface area contributed by atoms with Crippen LogP contribution in [0.2, 0.25) is 0 Å². The van der Waals surface area contributed by atoms with Gasteiger partial charge in [-0.1, -0.05) is 18.2 Å². The van der Waals surface area contributed by atoms with Crippen LogP contribution in [0.25, 0.3) is 0 Å². The van der Waals surface area contributed by atoms with Crippen molar-refractivity contribution in [1.29, 1.82) is 0 Å². The summed E-state index contributed by atoms with van der Waals surface area (Å²) in [5, 5.41) is 0. The molecule has 0 aliphatic heterocycles. The Morgan fingerprint density at radius 1 is 1.18 bits per heavy atom. The Labute approximate surface area is 101 Å². The first-order valence-corrected chi connectivity index (χ1v) is 5.35. The predicted molar refractivity (Wildman–Crippen MR) is 62.7 cm³/mol. The van der Waals surface area contributed by atoms with Crippen molar-refractivity contribution in [2.24, 2.45) is 0 Å². The molecule has 0 radical (unpaired) electrons. The molecule has 92 valence electrons. The van der Waals surface area contributed by atoms with E-state index in [9.17, 15) is 9.59 Å². The molecule has 0 fully saturated rings. The summed E-state index contributed by atoms with van der Waals surface area (Å²) in [6.45, 7) is 0.470. The Morgan fingerprint density at radius 3 is 2.59 bits per heavy atom. The van der Waals surface area contributed by atoms with Crippen molar-refractivity contribution in [2.45, 2.75) is 19.4 Å². The zero-order valence-electron chi connectivity index (χ0n) is 10.1. The third-order valence-corrected chi connectivity index (χ3v) is 2.34. The number of carbonyl (C=O) groups excluding carboxylic acids is 2. The van der Waals surface area contributed by atoms with Crippen molar-refractivity contribution >= 4 is 11.8 Å². The van der Waals surface area contributed by atoms with Crippen molar-refractivity contribution in [3.63, 3.8) is 0 Å². The number of ether oxygens (including phenoxy) is 2. The molecule has 0 unspecified atom stereocenters. The molecule has 0 heterocycles. The highest BCUT2D eigenvalue weighted by atomic mass is 16.5. The van der Waals surface area contributed by atoms with Gasteiger partial charge in [-0.3, -0.25) is 9.59 Å². The number of benzene rings is 1. The van der Waals surface area contributed by atoms with Crippen molar-refractivity contribution in [3.05, 3.63) is 35.4 Å². The fourth-order valence-electron chi connectivity index (χ4n) is 1.46. The first kappa shape index (κ1) is 13.4. The van der Waals surface area contributed by atoms with Crippen molar-refractivity contribution < 1.29 is 19.1 Å². The average Bonchev–Trinajstić information content (AvgIpc) is 2.36. The number of esters is 1.